The Bertz CT molecular complexity index is 1630. The topological polar surface area (TPSA) is 74.2 Å². The fourth-order valence-electron chi connectivity index (χ4n) is 4.44. The lowest BCUT2D eigenvalue weighted by Crippen LogP contribution is -2.24. The maximum Gasteiger partial charge on any atom is 0.263 e. The van der Waals surface area contributed by atoms with E-state index in [2.05, 4.69) is 21.3 Å². The van der Waals surface area contributed by atoms with Gasteiger partial charge in [-0.15, -0.1) is 16.8 Å². The Morgan fingerprint density at radius 1 is 1.03 bits per heavy atom. The van der Waals surface area contributed by atoms with Crippen LogP contribution in [-0.4, -0.2) is 35.3 Å². The van der Waals surface area contributed by atoms with E-state index in [0.29, 0.717) is 35.0 Å². The molecule has 0 atom stereocenters. The second kappa shape index (κ2) is 9.38. The molecule has 0 bridgehead atoms. The standard InChI is InChI=1S/C27H25N5O2S/c1-4-14-30-18(2)15-22(19(30)3)24(33)17-35-27-29-28-26-31(16-20-10-6-5-7-11-20)25(34)21-12-8-9-13-23(21)32(26)27/h4-13,15H,1,14,16-17H2,2-3H3. The van der Waals surface area contributed by atoms with Crippen LogP contribution in [0.1, 0.15) is 27.3 Å². The molecule has 5 rings (SSSR count). The number of para-hydroxylation sites is 1. The molecule has 3 aromatic heterocycles. The summed E-state index contributed by atoms with van der Waals surface area (Å²) in [5, 5.41) is 9.90. The third-order valence-corrected chi connectivity index (χ3v) is 7.11. The maximum atomic E-state index is 13.3. The molecule has 8 heteroatoms. The Morgan fingerprint density at radius 2 is 1.77 bits per heavy atom. The first-order chi connectivity index (χ1) is 17.0. The van der Waals surface area contributed by atoms with Gasteiger partial charge in [-0.3, -0.25) is 18.6 Å². The molecule has 0 N–H and O–H groups in total. The van der Waals surface area contributed by atoms with Crippen LogP contribution in [0.15, 0.2) is 83.3 Å². The largest absolute Gasteiger partial charge is 0.345 e. The van der Waals surface area contributed by atoms with Crippen molar-refractivity contribution >= 4 is 34.2 Å². The summed E-state index contributed by atoms with van der Waals surface area (Å²) in [5.74, 6) is 0.694. The van der Waals surface area contributed by atoms with Gasteiger partial charge in [0.1, 0.15) is 0 Å². The van der Waals surface area contributed by atoms with E-state index in [4.69, 9.17) is 0 Å². The molecule has 5 aromatic rings. The predicted molar refractivity (Wildman–Crippen MR) is 139 cm³/mol. The van der Waals surface area contributed by atoms with Gasteiger partial charge in [0, 0.05) is 23.5 Å². The van der Waals surface area contributed by atoms with Gasteiger partial charge in [-0.25, -0.2) is 0 Å². The lowest BCUT2D eigenvalue weighted by atomic mass is 10.2. The highest BCUT2D eigenvalue weighted by atomic mass is 32.2. The van der Waals surface area contributed by atoms with Gasteiger partial charge in [-0.2, -0.15) is 0 Å². The Morgan fingerprint density at radius 3 is 2.54 bits per heavy atom. The van der Waals surface area contributed by atoms with Crippen molar-refractivity contribution in [3.63, 3.8) is 0 Å². The zero-order valence-corrected chi connectivity index (χ0v) is 20.5. The van der Waals surface area contributed by atoms with Crippen LogP contribution in [0.4, 0.5) is 0 Å². The van der Waals surface area contributed by atoms with Gasteiger partial charge in [-0.1, -0.05) is 60.3 Å². The molecule has 0 radical (unpaired) electrons. The first-order valence-corrected chi connectivity index (χ1v) is 12.3. The number of carbonyl (C=O) groups excluding carboxylic acids is 1. The second-order valence-electron chi connectivity index (χ2n) is 8.41. The highest BCUT2D eigenvalue weighted by Gasteiger charge is 2.20. The lowest BCUT2D eigenvalue weighted by molar-refractivity contribution is 0.102. The van der Waals surface area contributed by atoms with Crippen LogP contribution in [0.2, 0.25) is 0 Å². The monoisotopic (exact) mass is 483 g/mol. The van der Waals surface area contributed by atoms with Crippen LogP contribution < -0.4 is 5.56 Å². The Balaban J connectivity index is 1.53. The number of thioether (sulfide) groups is 1. The Hall–Kier alpha value is -3.91. The van der Waals surface area contributed by atoms with E-state index < -0.39 is 0 Å². The number of benzene rings is 2. The number of rotatable bonds is 8. The summed E-state index contributed by atoms with van der Waals surface area (Å²) in [6, 6.07) is 19.1. The molecule has 0 aliphatic rings. The molecule has 0 saturated carbocycles. The fourth-order valence-corrected chi connectivity index (χ4v) is 5.26. The van der Waals surface area contributed by atoms with Crippen molar-refractivity contribution in [2.45, 2.75) is 32.1 Å². The summed E-state index contributed by atoms with van der Waals surface area (Å²) in [6.45, 7) is 8.79. The molecule has 0 aliphatic carbocycles. The van der Waals surface area contributed by atoms with Crippen LogP contribution >= 0.6 is 11.8 Å². The maximum absolute atomic E-state index is 13.3. The molecular weight excluding hydrogens is 458 g/mol. The van der Waals surface area contributed by atoms with Crippen LogP contribution in [0.25, 0.3) is 16.7 Å². The van der Waals surface area contributed by atoms with Gasteiger partial charge < -0.3 is 4.57 Å². The highest BCUT2D eigenvalue weighted by Crippen LogP contribution is 2.24. The molecular formula is C27H25N5O2S. The summed E-state index contributed by atoms with van der Waals surface area (Å²) >= 11 is 1.33. The molecule has 0 fully saturated rings. The number of carbonyl (C=O) groups is 1. The smallest absolute Gasteiger partial charge is 0.263 e. The minimum Gasteiger partial charge on any atom is -0.345 e. The minimum atomic E-state index is -0.119. The van der Waals surface area contributed by atoms with Crippen LogP contribution in [-0.2, 0) is 13.1 Å². The number of aryl methyl sites for hydroxylation is 1. The van der Waals surface area contributed by atoms with E-state index in [0.717, 1.165) is 22.5 Å². The molecule has 2 aromatic carbocycles. The lowest BCUT2D eigenvalue weighted by Gasteiger charge is -2.11. The molecule has 176 valence electrons. The summed E-state index contributed by atoms with van der Waals surface area (Å²) in [5.41, 5.74) is 4.26. The van der Waals surface area contributed by atoms with Gasteiger partial charge in [0.25, 0.3) is 5.56 Å². The van der Waals surface area contributed by atoms with Crippen LogP contribution in [0, 0.1) is 13.8 Å². The number of fused-ring (bicyclic) bond motifs is 3. The van der Waals surface area contributed by atoms with Crippen LogP contribution in [0.5, 0.6) is 0 Å². The zero-order chi connectivity index (χ0) is 24.5. The van der Waals surface area contributed by atoms with E-state index in [1.54, 1.807) is 4.57 Å². The van der Waals surface area contributed by atoms with Crippen molar-refractivity contribution in [1.29, 1.82) is 0 Å². The molecule has 0 amide bonds. The number of allylic oxidation sites excluding steroid dienone is 1. The van der Waals surface area contributed by atoms with E-state index in [-0.39, 0.29) is 17.1 Å². The van der Waals surface area contributed by atoms with Gasteiger partial charge in [0.05, 0.1) is 23.2 Å². The van der Waals surface area contributed by atoms with Crippen molar-refractivity contribution in [2.24, 2.45) is 0 Å². The number of hydrogen-bond acceptors (Lipinski definition) is 5. The average molecular weight is 484 g/mol. The first kappa shape index (κ1) is 22.9. The predicted octanol–water partition coefficient (Wildman–Crippen LogP) is 4.67. The number of Topliss-reactive ketones (excluding diaryl/α,β-unsaturated/α-hetero) is 1. The summed E-state index contributed by atoms with van der Waals surface area (Å²) in [4.78, 5) is 26.5. The van der Waals surface area contributed by atoms with E-state index in [1.165, 1.54) is 11.8 Å². The fraction of sp³-hybridized carbons (Fsp3) is 0.185. The van der Waals surface area contributed by atoms with Crippen molar-refractivity contribution in [1.82, 2.24) is 23.7 Å². The SMILES string of the molecule is C=CCn1c(C)cc(C(=O)CSc2nnc3n(Cc4ccccc4)c(=O)c4ccccc4n23)c1C. The summed E-state index contributed by atoms with van der Waals surface area (Å²) < 4.78 is 5.59. The second-order valence-corrected chi connectivity index (χ2v) is 9.35. The van der Waals surface area contributed by atoms with Crippen molar-refractivity contribution in [2.75, 3.05) is 5.75 Å². The zero-order valence-electron chi connectivity index (χ0n) is 19.6. The molecule has 3 heterocycles. The minimum absolute atomic E-state index is 0.0251. The Kier molecular flexibility index (Phi) is 6.13. The van der Waals surface area contributed by atoms with Gasteiger partial charge in [0.15, 0.2) is 10.9 Å². The molecule has 35 heavy (non-hydrogen) atoms. The van der Waals surface area contributed by atoms with Gasteiger partial charge in [-0.05, 0) is 37.6 Å². The van der Waals surface area contributed by atoms with E-state index in [9.17, 15) is 9.59 Å². The first-order valence-electron chi connectivity index (χ1n) is 11.3. The Labute approximate surface area is 206 Å². The van der Waals surface area contributed by atoms with Crippen molar-refractivity contribution in [3.8, 4) is 0 Å². The number of ketones is 1. The molecule has 0 spiro atoms. The summed E-state index contributed by atoms with van der Waals surface area (Å²) in [7, 11) is 0. The number of nitrogens with zero attached hydrogens (tertiary/aromatic N) is 5. The quantitative estimate of drug-likeness (QED) is 0.182. The normalized spacial score (nSPS) is 11.4. The molecule has 0 aliphatic heterocycles. The van der Waals surface area contributed by atoms with Gasteiger partial charge in [0.2, 0.25) is 5.78 Å². The van der Waals surface area contributed by atoms with Crippen LogP contribution in [0.3, 0.4) is 0 Å². The third-order valence-electron chi connectivity index (χ3n) is 6.18. The van der Waals surface area contributed by atoms with Crippen molar-refractivity contribution in [3.05, 3.63) is 106 Å². The highest BCUT2D eigenvalue weighted by molar-refractivity contribution is 7.99. The third kappa shape index (κ3) is 4.10. The number of hydrogen-bond donors (Lipinski definition) is 0. The van der Waals surface area contributed by atoms with E-state index >= 15 is 0 Å². The van der Waals surface area contributed by atoms with Gasteiger partial charge >= 0.3 is 0 Å². The average Bonchev–Trinajstić information content (AvgIpc) is 3.42. The molecule has 0 saturated heterocycles. The van der Waals surface area contributed by atoms with E-state index in [1.807, 2.05) is 85.0 Å². The van der Waals surface area contributed by atoms with Crippen molar-refractivity contribution < 1.29 is 4.79 Å². The molecule has 7 nitrogen and oxygen atoms in total. The molecule has 0 unspecified atom stereocenters. The number of aromatic nitrogens is 5. The summed E-state index contributed by atoms with van der Waals surface area (Å²) in [6.07, 6.45) is 1.82.